The zero-order chi connectivity index (χ0) is 16.3. The topological polar surface area (TPSA) is 95.7 Å². The molecule has 1 aromatic carbocycles. The van der Waals surface area contributed by atoms with Crippen molar-refractivity contribution < 1.29 is 9.13 Å². The van der Waals surface area contributed by atoms with Crippen molar-refractivity contribution in [2.45, 2.75) is 6.92 Å². The van der Waals surface area contributed by atoms with E-state index < -0.39 is 5.82 Å². The Morgan fingerprint density at radius 3 is 2.55 bits per heavy atom. The highest BCUT2D eigenvalue weighted by molar-refractivity contribution is 9.10. The average molecular weight is 361 g/mol. The van der Waals surface area contributed by atoms with Gasteiger partial charge in [0, 0.05) is 5.56 Å². The fourth-order valence-electron chi connectivity index (χ4n) is 1.98. The van der Waals surface area contributed by atoms with Crippen molar-refractivity contribution >= 4 is 21.7 Å². The third kappa shape index (κ3) is 2.72. The Hall–Kier alpha value is -2.64. The van der Waals surface area contributed by atoms with E-state index in [4.69, 9.17) is 10.5 Å². The van der Waals surface area contributed by atoms with Gasteiger partial charge in [-0.1, -0.05) is 6.07 Å². The van der Waals surface area contributed by atoms with E-state index in [1.54, 1.807) is 6.92 Å². The second-order valence-electron chi connectivity index (χ2n) is 4.21. The van der Waals surface area contributed by atoms with E-state index in [1.807, 2.05) is 12.1 Å². The molecule has 0 atom stereocenters. The van der Waals surface area contributed by atoms with Gasteiger partial charge >= 0.3 is 0 Å². The molecule has 110 valence electrons. The number of nitriles is 2. The Morgan fingerprint density at radius 1 is 1.32 bits per heavy atom. The Bertz CT molecular complexity index is 824. The van der Waals surface area contributed by atoms with Crippen LogP contribution in [-0.2, 0) is 0 Å². The number of halogens is 2. The van der Waals surface area contributed by atoms with Gasteiger partial charge in [-0.15, -0.1) is 0 Å². The van der Waals surface area contributed by atoms with Gasteiger partial charge < -0.3 is 10.5 Å². The van der Waals surface area contributed by atoms with E-state index in [0.29, 0.717) is 12.2 Å². The van der Waals surface area contributed by atoms with Crippen molar-refractivity contribution in [1.82, 2.24) is 4.98 Å². The number of nitrogens with zero attached hydrogens (tertiary/aromatic N) is 3. The van der Waals surface area contributed by atoms with E-state index in [-0.39, 0.29) is 32.9 Å². The van der Waals surface area contributed by atoms with Crippen LogP contribution in [0.1, 0.15) is 18.1 Å². The summed E-state index contributed by atoms with van der Waals surface area (Å²) < 4.78 is 18.9. The number of aromatic nitrogens is 1. The van der Waals surface area contributed by atoms with Gasteiger partial charge in [0.15, 0.2) is 0 Å². The Kier molecular flexibility index (Phi) is 4.59. The molecule has 0 spiro atoms. The molecule has 0 fully saturated rings. The lowest BCUT2D eigenvalue weighted by atomic mass is 9.96. The third-order valence-corrected chi connectivity index (χ3v) is 3.51. The summed E-state index contributed by atoms with van der Waals surface area (Å²) in [6.45, 7) is 2.03. The molecule has 22 heavy (non-hydrogen) atoms. The summed E-state index contributed by atoms with van der Waals surface area (Å²) in [4.78, 5) is 3.96. The summed E-state index contributed by atoms with van der Waals surface area (Å²) in [7, 11) is 0. The van der Waals surface area contributed by atoms with Gasteiger partial charge in [-0.25, -0.2) is 4.39 Å². The van der Waals surface area contributed by atoms with Crippen LogP contribution in [-0.4, -0.2) is 11.6 Å². The van der Waals surface area contributed by atoms with E-state index in [9.17, 15) is 14.9 Å². The summed E-state index contributed by atoms with van der Waals surface area (Å²) in [6.07, 6.45) is 0. The predicted molar refractivity (Wildman–Crippen MR) is 82.3 cm³/mol. The first-order valence-electron chi connectivity index (χ1n) is 6.25. The van der Waals surface area contributed by atoms with Gasteiger partial charge in [0.2, 0.25) is 5.88 Å². The highest BCUT2D eigenvalue weighted by atomic mass is 79.9. The van der Waals surface area contributed by atoms with Crippen molar-refractivity contribution in [2.75, 3.05) is 12.3 Å². The second-order valence-corrected chi connectivity index (χ2v) is 5.07. The lowest BCUT2D eigenvalue weighted by molar-refractivity contribution is 0.326. The molecule has 1 heterocycles. The first kappa shape index (κ1) is 15.7. The zero-order valence-corrected chi connectivity index (χ0v) is 13.1. The molecule has 0 radical (unpaired) electrons. The van der Waals surface area contributed by atoms with E-state index in [2.05, 4.69) is 20.9 Å². The van der Waals surface area contributed by atoms with Crippen LogP contribution in [0.4, 0.5) is 10.2 Å². The van der Waals surface area contributed by atoms with Gasteiger partial charge in [0.1, 0.15) is 34.9 Å². The summed E-state index contributed by atoms with van der Waals surface area (Å²) >= 11 is 3.09. The number of hydrogen-bond acceptors (Lipinski definition) is 5. The molecule has 2 N–H and O–H groups in total. The van der Waals surface area contributed by atoms with Crippen LogP contribution >= 0.6 is 15.9 Å². The van der Waals surface area contributed by atoms with Crippen molar-refractivity contribution in [2.24, 2.45) is 0 Å². The van der Waals surface area contributed by atoms with Gasteiger partial charge in [-0.2, -0.15) is 15.5 Å². The minimum atomic E-state index is -0.451. The molecular weight excluding hydrogens is 351 g/mol. The predicted octanol–water partition coefficient (Wildman–Crippen LogP) is 3.37. The smallest absolute Gasteiger partial charge is 0.234 e. The largest absolute Gasteiger partial charge is 0.477 e. The monoisotopic (exact) mass is 360 g/mol. The summed E-state index contributed by atoms with van der Waals surface area (Å²) in [5.74, 6) is -0.440. The number of hydrogen-bond donors (Lipinski definition) is 1. The molecule has 0 amide bonds. The summed E-state index contributed by atoms with van der Waals surface area (Å²) in [5, 5.41) is 18.7. The minimum absolute atomic E-state index is 0.0413. The first-order valence-corrected chi connectivity index (χ1v) is 7.04. The second kappa shape index (κ2) is 6.42. The molecule has 0 unspecified atom stereocenters. The van der Waals surface area contributed by atoms with Gasteiger partial charge in [0.25, 0.3) is 0 Å². The van der Waals surface area contributed by atoms with Crippen LogP contribution in [0.2, 0.25) is 0 Å². The van der Waals surface area contributed by atoms with Gasteiger partial charge in [-0.05, 0) is 40.5 Å². The maximum absolute atomic E-state index is 13.4. The molecule has 7 heteroatoms. The molecule has 5 nitrogen and oxygen atoms in total. The number of nitrogen functional groups attached to an aromatic ring is 1. The number of anilines is 1. The number of nitrogens with two attached hydrogens (primary N) is 1. The highest BCUT2D eigenvalue weighted by Crippen LogP contribution is 2.36. The van der Waals surface area contributed by atoms with E-state index >= 15 is 0 Å². The van der Waals surface area contributed by atoms with Crippen LogP contribution < -0.4 is 10.5 Å². The molecule has 2 rings (SSSR count). The average Bonchev–Trinajstić information content (AvgIpc) is 2.50. The maximum atomic E-state index is 13.4. The van der Waals surface area contributed by atoms with Gasteiger partial charge in [-0.3, -0.25) is 0 Å². The standard InChI is InChI=1S/C15H10BrFN4O/c1-2-22-15-10(7-19)13(9(6-18)14(20)21-15)8-3-4-12(17)11(16)5-8/h3-5H,2H2,1H3,(H2,20,21). The van der Waals surface area contributed by atoms with Crippen molar-refractivity contribution in [3.63, 3.8) is 0 Å². The number of benzene rings is 1. The molecular formula is C15H10BrFN4O. The molecule has 0 bridgehead atoms. The van der Waals surface area contributed by atoms with E-state index in [0.717, 1.165) is 0 Å². The Balaban J connectivity index is 2.85. The molecule has 0 saturated heterocycles. The van der Waals surface area contributed by atoms with Crippen LogP contribution in [0.25, 0.3) is 11.1 Å². The molecule has 0 aliphatic rings. The van der Waals surface area contributed by atoms with Crippen LogP contribution in [0.3, 0.4) is 0 Å². The van der Waals surface area contributed by atoms with Crippen LogP contribution in [0.15, 0.2) is 22.7 Å². The maximum Gasteiger partial charge on any atom is 0.234 e. The van der Waals surface area contributed by atoms with Crippen molar-refractivity contribution in [3.8, 4) is 29.1 Å². The van der Waals surface area contributed by atoms with Gasteiger partial charge in [0.05, 0.1) is 11.1 Å². The zero-order valence-electron chi connectivity index (χ0n) is 11.5. The molecule has 2 aromatic rings. The summed E-state index contributed by atoms with van der Waals surface area (Å²) in [6, 6.07) is 8.09. The fraction of sp³-hybridized carbons (Fsp3) is 0.133. The molecule has 0 saturated carbocycles. The van der Waals surface area contributed by atoms with Crippen molar-refractivity contribution in [3.05, 3.63) is 39.6 Å². The number of ether oxygens (including phenoxy) is 1. The molecule has 0 aliphatic heterocycles. The number of rotatable bonds is 3. The Labute approximate surface area is 134 Å². The van der Waals surface area contributed by atoms with Crippen molar-refractivity contribution in [1.29, 1.82) is 10.5 Å². The first-order chi connectivity index (χ1) is 10.5. The molecule has 1 aromatic heterocycles. The fourth-order valence-corrected chi connectivity index (χ4v) is 2.36. The lowest BCUT2D eigenvalue weighted by Gasteiger charge is -2.13. The lowest BCUT2D eigenvalue weighted by Crippen LogP contribution is -2.06. The van der Waals surface area contributed by atoms with Crippen LogP contribution in [0.5, 0.6) is 5.88 Å². The highest BCUT2D eigenvalue weighted by Gasteiger charge is 2.21. The number of pyridine rings is 1. The SMILES string of the molecule is CCOc1nc(N)c(C#N)c(-c2ccc(F)c(Br)c2)c1C#N. The molecule has 0 aliphatic carbocycles. The third-order valence-electron chi connectivity index (χ3n) is 2.90. The summed E-state index contributed by atoms with van der Waals surface area (Å²) in [5.41, 5.74) is 6.67. The minimum Gasteiger partial charge on any atom is -0.477 e. The van der Waals surface area contributed by atoms with Crippen LogP contribution in [0, 0.1) is 28.5 Å². The van der Waals surface area contributed by atoms with E-state index in [1.165, 1.54) is 18.2 Å². The quantitative estimate of drug-likeness (QED) is 0.904. The normalized spacial score (nSPS) is 9.86. The Morgan fingerprint density at radius 2 is 2.00 bits per heavy atom.